The lowest BCUT2D eigenvalue weighted by atomic mass is 10.2. The number of hydrogen-bond acceptors (Lipinski definition) is 2. The summed E-state index contributed by atoms with van der Waals surface area (Å²) in [4.78, 5) is 12.1. The monoisotopic (exact) mass is 323 g/mol. The van der Waals surface area contributed by atoms with Gasteiger partial charge in [-0.05, 0) is 46.3 Å². The van der Waals surface area contributed by atoms with Gasteiger partial charge in [0.15, 0.2) is 0 Å². The number of benzene rings is 2. The van der Waals surface area contributed by atoms with Crippen molar-refractivity contribution in [2.45, 2.75) is 0 Å². The first-order valence-corrected chi connectivity index (χ1v) is 6.30. The summed E-state index contributed by atoms with van der Waals surface area (Å²) in [5.74, 6) is -0.311. The second-order valence-corrected chi connectivity index (χ2v) is 4.64. The molecule has 0 aliphatic carbocycles. The van der Waals surface area contributed by atoms with Crippen molar-refractivity contribution in [2.75, 3.05) is 12.4 Å². The Kier molecular flexibility index (Phi) is 4.16. The zero-order chi connectivity index (χ0) is 13.8. The van der Waals surface area contributed by atoms with Crippen LogP contribution in [0.1, 0.15) is 10.4 Å². The van der Waals surface area contributed by atoms with Crippen LogP contribution in [-0.4, -0.2) is 13.0 Å². The summed E-state index contributed by atoms with van der Waals surface area (Å²) >= 11 is 3.06. The standard InChI is InChI=1S/C14H11BrFNO2/c1-19-13-5-3-2-4-10(13)14(18)17-9-6-7-11(15)12(16)8-9/h2-8H,1H3,(H,17,18). The molecule has 0 saturated carbocycles. The fraction of sp³-hybridized carbons (Fsp3) is 0.0714. The summed E-state index contributed by atoms with van der Waals surface area (Å²) in [6.07, 6.45) is 0. The van der Waals surface area contributed by atoms with Crippen LogP contribution in [0.3, 0.4) is 0 Å². The number of nitrogens with one attached hydrogen (secondary N) is 1. The highest BCUT2D eigenvalue weighted by Crippen LogP contribution is 2.22. The van der Waals surface area contributed by atoms with E-state index in [1.54, 1.807) is 30.3 Å². The molecule has 2 aromatic carbocycles. The highest BCUT2D eigenvalue weighted by molar-refractivity contribution is 9.10. The lowest BCUT2D eigenvalue weighted by Gasteiger charge is -2.09. The highest BCUT2D eigenvalue weighted by atomic mass is 79.9. The van der Waals surface area contributed by atoms with E-state index in [9.17, 15) is 9.18 Å². The van der Waals surface area contributed by atoms with Crippen LogP contribution in [-0.2, 0) is 0 Å². The maximum Gasteiger partial charge on any atom is 0.259 e. The SMILES string of the molecule is COc1ccccc1C(=O)Nc1ccc(Br)c(F)c1. The van der Waals surface area contributed by atoms with E-state index >= 15 is 0 Å². The molecule has 3 nitrogen and oxygen atoms in total. The molecule has 0 aliphatic rings. The topological polar surface area (TPSA) is 38.3 Å². The van der Waals surface area contributed by atoms with E-state index in [2.05, 4.69) is 21.2 Å². The Labute approximate surface area is 118 Å². The summed E-state index contributed by atoms with van der Waals surface area (Å²) in [7, 11) is 1.49. The lowest BCUT2D eigenvalue weighted by Crippen LogP contribution is -2.13. The maximum absolute atomic E-state index is 13.4. The van der Waals surface area contributed by atoms with Crippen LogP contribution in [0, 0.1) is 5.82 Å². The quantitative estimate of drug-likeness (QED) is 0.931. The van der Waals surface area contributed by atoms with Crippen molar-refractivity contribution in [1.82, 2.24) is 0 Å². The third kappa shape index (κ3) is 3.12. The molecule has 0 radical (unpaired) electrons. The van der Waals surface area contributed by atoms with Crippen LogP contribution in [0.4, 0.5) is 10.1 Å². The number of anilines is 1. The maximum atomic E-state index is 13.4. The smallest absolute Gasteiger partial charge is 0.259 e. The molecular weight excluding hydrogens is 313 g/mol. The zero-order valence-corrected chi connectivity index (χ0v) is 11.7. The van der Waals surface area contributed by atoms with Crippen molar-refractivity contribution >= 4 is 27.5 Å². The Morgan fingerprint density at radius 1 is 1.26 bits per heavy atom. The van der Waals surface area contributed by atoms with E-state index < -0.39 is 5.82 Å². The van der Waals surface area contributed by atoms with Gasteiger partial charge in [0.2, 0.25) is 0 Å². The van der Waals surface area contributed by atoms with Crippen molar-refractivity contribution in [1.29, 1.82) is 0 Å². The van der Waals surface area contributed by atoms with Crippen LogP contribution in [0.5, 0.6) is 5.75 Å². The molecule has 0 heterocycles. The van der Waals surface area contributed by atoms with Gasteiger partial charge in [0.05, 0.1) is 17.1 Å². The molecule has 1 amide bonds. The molecule has 0 unspecified atom stereocenters. The van der Waals surface area contributed by atoms with Gasteiger partial charge in [-0.25, -0.2) is 4.39 Å². The van der Waals surface area contributed by atoms with E-state index in [1.807, 2.05) is 0 Å². The Balaban J connectivity index is 2.23. The van der Waals surface area contributed by atoms with Gasteiger partial charge in [-0.1, -0.05) is 12.1 Å². The number of para-hydroxylation sites is 1. The molecule has 98 valence electrons. The number of carbonyl (C=O) groups is 1. The fourth-order valence-electron chi connectivity index (χ4n) is 1.60. The van der Waals surface area contributed by atoms with Crippen LogP contribution < -0.4 is 10.1 Å². The fourth-order valence-corrected chi connectivity index (χ4v) is 1.85. The normalized spacial score (nSPS) is 10.1. The summed E-state index contributed by atoms with van der Waals surface area (Å²) in [5, 5.41) is 2.62. The number of hydrogen-bond donors (Lipinski definition) is 1. The largest absolute Gasteiger partial charge is 0.496 e. The van der Waals surface area contributed by atoms with Gasteiger partial charge in [0.25, 0.3) is 5.91 Å². The predicted octanol–water partition coefficient (Wildman–Crippen LogP) is 3.85. The minimum Gasteiger partial charge on any atom is -0.496 e. The van der Waals surface area contributed by atoms with Crippen molar-refractivity contribution in [3.8, 4) is 5.75 Å². The molecule has 0 bridgehead atoms. The minimum absolute atomic E-state index is 0.348. The Morgan fingerprint density at radius 2 is 2.00 bits per heavy atom. The van der Waals surface area contributed by atoms with Gasteiger partial charge in [0.1, 0.15) is 11.6 Å². The minimum atomic E-state index is -0.433. The molecule has 2 aromatic rings. The Hall–Kier alpha value is -1.88. The van der Waals surface area contributed by atoms with Gasteiger partial charge >= 0.3 is 0 Å². The molecule has 0 aliphatic heterocycles. The zero-order valence-electron chi connectivity index (χ0n) is 10.1. The Bertz CT molecular complexity index is 616. The third-order valence-corrected chi connectivity index (χ3v) is 3.17. The Morgan fingerprint density at radius 3 is 2.68 bits per heavy atom. The van der Waals surface area contributed by atoms with Gasteiger partial charge in [-0.15, -0.1) is 0 Å². The highest BCUT2D eigenvalue weighted by Gasteiger charge is 2.12. The van der Waals surface area contributed by atoms with Crippen molar-refractivity contribution in [3.05, 3.63) is 58.3 Å². The molecule has 0 spiro atoms. The van der Waals surface area contributed by atoms with Gasteiger partial charge in [0, 0.05) is 5.69 Å². The van der Waals surface area contributed by atoms with Crippen LogP contribution in [0.25, 0.3) is 0 Å². The molecule has 5 heteroatoms. The number of methoxy groups -OCH3 is 1. The molecule has 19 heavy (non-hydrogen) atoms. The number of amides is 1. The molecule has 0 aromatic heterocycles. The average Bonchev–Trinajstić information content (AvgIpc) is 2.43. The van der Waals surface area contributed by atoms with Crippen molar-refractivity contribution < 1.29 is 13.9 Å². The molecule has 0 fully saturated rings. The average molecular weight is 324 g/mol. The number of carbonyl (C=O) groups excluding carboxylic acids is 1. The van der Waals surface area contributed by atoms with E-state index in [4.69, 9.17) is 4.74 Å². The van der Waals surface area contributed by atoms with Crippen LogP contribution in [0.2, 0.25) is 0 Å². The molecule has 2 rings (SSSR count). The number of halogens is 2. The first-order chi connectivity index (χ1) is 9.11. The van der Waals surface area contributed by atoms with E-state index in [0.717, 1.165) is 0 Å². The predicted molar refractivity (Wildman–Crippen MR) is 75.0 cm³/mol. The summed E-state index contributed by atoms with van der Waals surface area (Å²) in [6, 6.07) is 11.2. The number of ether oxygens (including phenoxy) is 1. The first kappa shape index (κ1) is 13.5. The van der Waals surface area contributed by atoms with Crippen LogP contribution in [0.15, 0.2) is 46.9 Å². The summed E-state index contributed by atoms with van der Waals surface area (Å²) in [5.41, 5.74) is 0.782. The molecular formula is C14H11BrFNO2. The summed E-state index contributed by atoms with van der Waals surface area (Å²) < 4.78 is 18.8. The van der Waals surface area contributed by atoms with Gasteiger partial charge < -0.3 is 10.1 Å². The van der Waals surface area contributed by atoms with Gasteiger partial charge in [-0.2, -0.15) is 0 Å². The molecule has 1 N–H and O–H groups in total. The third-order valence-electron chi connectivity index (χ3n) is 2.53. The van der Waals surface area contributed by atoms with E-state index in [1.165, 1.54) is 19.2 Å². The first-order valence-electron chi connectivity index (χ1n) is 5.51. The second-order valence-electron chi connectivity index (χ2n) is 3.78. The summed E-state index contributed by atoms with van der Waals surface area (Å²) in [6.45, 7) is 0. The van der Waals surface area contributed by atoms with Crippen LogP contribution >= 0.6 is 15.9 Å². The van der Waals surface area contributed by atoms with E-state index in [-0.39, 0.29) is 5.91 Å². The molecule has 0 saturated heterocycles. The van der Waals surface area contributed by atoms with Gasteiger partial charge in [-0.3, -0.25) is 4.79 Å². The van der Waals surface area contributed by atoms with Crippen molar-refractivity contribution in [3.63, 3.8) is 0 Å². The van der Waals surface area contributed by atoms with Crippen molar-refractivity contribution in [2.24, 2.45) is 0 Å². The molecule has 0 atom stereocenters. The lowest BCUT2D eigenvalue weighted by molar-refractivity contribution is 0.102. The number of rotatable bonds is 3. The van der Waals surface area contributed by atoms with E-state index in [0.29, 0.717) is 21.5 Å². The second kappa shape index (κ2) is 5.84.